The van der Waals surface area contributed by atoms with E-state index < -0.39 is 0 Å². The van der Waals surface area contributed by atoms with Crippen molar-refractivity contribution in [3.63, 3.8) is 0 Å². The minimum Gasteiger partial charge on any atom is -0.459 e. The summed E-state index contributed by atoms with van der Waals surface area (Å²) < 4.78 is 6.00. The van der Waals surface area contributed by atoms with Crippen LogP contribution in [0.15, 0.2) is 48.5 Å². The summed E-state index contributed by atoms with van der Waals surface area (Å²) in [6.45, 7) is 6.55. The van der Waals surface area contributed by atoms with E-state index in [0.29, 0.717) is 11.5 Å². The van der Waals surface area contributed by atoms with Crippen LogP contribution in [0.1, 0.15) is 87.2 Å². The molecule has 0 spiro atoms. The van der Waals surface area contributed by atoms with Crippen molar-refractivity contribution in [1.29, 1.82) is 0 Å². The zero-order valence-corrected chi connectivity index (χ0v) is 18.8. The number of aryl methyl sites for hydroxylation is 1. The monoisotopic (exact) mass is 407 g/mol. The van der Waals surface area contributed by atoms with E-state index in [9.17, 15) is 4.79 Å². The fraction of sp³-hybridized carbons (Fsp3) is 0.519. The molecule has 0 saturated heterocycles. The molecule has 0 radical (unpaired) electrons. The lowest BCUT2D eigenvalue weighted by atomic mass is 9.83. The molecule has 1 saturated carbocycles. The molecule has 0 aromatic heterocycles. The lowest BCUT2D eigenvalue weighted by Gasteiger charge is -2.27. The van der Waals surface area contributed by atoms with Gasteiger partial charge in [0.05, 0.1) is 5.56 Å². The third kappa shape index (κ3) is 6.35. The number of carbonyl (C=O) groups excluding carboxylic acids is 1. The van der Waals surface area contributed by atoms with Gasteiger partial charge in [0.1, 0.15) is 6.10 Å². The van der Waals surface area contributed by atoms with Crippen molar-refractivity contribution >= 4 is 11.7 Å². The SMILES string of the molecule is CC(C)(C)c1ccc(CCC(CC2CCCCC2)OC(=O)c2ccccc2)cc1N. The van der Waals surface area contributed by atoms with Crippen molar-refractivity contribution in [2.24, 2.45) is 5.92 Å². The number of benzene rings is 2. The fourth-order valence-corrected chi connectivity index (χ4v) is 4.59. The van der Waals surface area contributed by atoms with Gasteiger partial charge in [-0.05, 0) is 59.9 Å². The molecule has 30 heavy (non-hydrogen) atoms. The predicted molar refractivity (Wildman–Crippen MR) is 125 cm³/mol. The number of hydrogen-bond donors (Lipinski definition) is 1. The zero-order chi connectivity index (χ0) is 21.6. The fourth-order valence-electron chi connectivity index (χ4n) is 4.59. The number of hydrogen-bond acceptors (Lipinski definition) is 3. The Bertz CT molecular complexity index is 817. The number of nitrogens with two attached hydrogens (primary N) is 1. The molecule has 3 nitrogen and oxygen atoms in total. The van der Waals surface area contributed by atoms with E-state index in [2.05, 4.69) is 39.0 Å². The Morgan fingerprint density at radius 1 is 1.07 bits per heavy atom. The normalized spacial score (nSPS) is 16.2. The number of anilines is 1. The first-order valence-electron chi connectivity index (χ1n) is 11.5. The van der Waals surface area contributed by atoms with Crippen molar-refractivity contribution in [3.05, 3.63) is 65.2 Å². The topological polar surface area (TPSA) is 52.3 Å². The van der Waals surface area contributed by atoms with Gasteiger partial charge in [0.25, 0.3) is 0 Å². The van der Waals surface area contributed by atoms with Crippen LogP contribution in [0, 0.1) is 5.92 Å². The van der Waals surface area contributed by atoms with E-state index in [1.807, 2.05) is 30.3 Å². The van der Waals surface area contributed by atoms with Crippen LogP contribution in [-0.2, 0) is 16.6 Å². The van der Waals surface area contributed by atoms with Crippen molar-refractivity contribution in [3.8, 4) is 0 Å². The molecule has 0 bridgehead atoms. The zero-order valence-electron chi connectivity index (χ0n) is 18.8. The molecular formula is C27H37NO2. The Morgan fingerprint density at radius 2 is 1.77 bits per heavy atom. The Morgan fingerprint density at radius 3 is 2.40 bits per heavy atom. The van der Waals surface area contributed by atoms with Gasteiger partial charge in [-0.2, -0.15) is 0 Å². The van der Waals surface area contributed by atoms with Gasteiger partial charge in [0.2, 0.25) is 0 Å². The molecule has 1 aliphatic rings. The number of esters is 1. The van der Waals surface area contributed by atoms with E-state index in [4.69, 9.17) is 10.5 Å². The molecule has 3 heteroatoms. The molecule has 0 aliphatic heterocycles. The summed E-state index contributed by atoms with van der Waals surface area (Å²) in [5.74, 6) is 0.458. The first kappa shape index (κ1) is 22.4. The summed E-state index contributed by atoms with van der Waals surface area (Å²) in [7, 11) is 0. The molecule has 2 aromatic rings. The van der Waals surface area contributed by atoms with Crippen LogP contribution >= 0.6 is 0 Å². The van der Waals surface area contributed by atoms with Gasteiger partial charge in [-0.3, -0.25) is 0 Å². The Hall–Kier alpha value is -2.29. The van der Waals surface area contributed by atoms with Crippen molar-refractivity contribution in [1.82, 2.24) is 0 Å². The van der Waals surface area contributed by atoms with Gasteiger partial charge in [0.15, 0.2) is 0 Å². The highest BCUT2D eigenvalue weighted by Gasteiger charge is 2.23. The Labute approximate surface area is 182 Å². The molecule has 1 fully saturated rings. The van der Waals surface area contributed by atoms with Crippen LogP contribution in [0.25, 0.3) is 0 Å². The molecule has 1 unspecified atom stereocenters. The lowest BCUT2D eigenvalue weighted by molar-refractivity contribution is 0.0204. The molecule has 1 aliphatic carbocycles. The average Bonchev–Trinajstić information content (AvgIpc) is 2.72. The van der Waals surface area contributed by atoms with E-state index in [-0.39, 0.29) is 17.5 Å². The van der Waals surface area contributed by atoms with Gasteiger partial charge in [-0.15, -0.1) is 0 Å². The second-order valence-electron chi connectivity index (χ2n) is 9.84. The number of rotatable bonds is 7. The average molecular weight is 408 g/mol. The van der Waals surface area contributed by atoms with Crippen LogP contribution < -0.4 is 5.73 Å². The number of carbonyl (C=O) groups is 1. The minimum atomic E-state index is -0.209. The maximum atomic E-state index is 12.7. The van der Waals surface area contributed by atoms with Crippen LogP contribution in [0.3, 0.4) is 0 Å². The lowest BCUT2D eigenvalue weighted by Crippen LogP contribution is -2.23. The second kappa shape index (κ2) is 10.1. The van der Waals surface area contributed by atoms with Gasteiger partial charge >= 0.3 is 5.97 Å². The van der Waals surface area contributed by atoms with E-state index in [1.165, 1.54) is 43.2 Å². The van der Waals surface area contributed by atoms with Gasteiger partial charge in [-0.25, -0.2) is 4.79 Å². The van der Waals surface area contributed by atoms with Gasteiger partial charge < -0.3 is 10.5 Å². The van der Waals surface area contributed by atoms with Gasteiger partial charge in [0, 0.05) is 5.69 Å². The highest BCUT2D eigenvalue weighted by Crippen LogP contribution is 2.31. The quantitative estimate of drug-likeness (QED) is 0.411. The molecule has 162 valence electrons. The Kier molecular flexibility index (Phi) is 7.58. The van der Waals surface area contributed by atoms with E-state index in [1.54, 1.807) is 0 Å². The summed E-state index contributed by atoms with van der Waals surface area (Å²) in [6.07, 6.45) is 9.07. The molecular weight excluding hydrogens is 370 g/mol. The molecule has 2 aromatic carbocycles. The maximum Gasteiger partial charge on any atom is 0.338 e. The number of nitrogen functional groups attached to an aromatic ring is 1. The van der Waals surface area contributed by atoms with Crippen molar-refractivity contribution < 1.29 is 9.53 Å². The van der Waals surface area contributed by atoms with E-state index >= 15 is 0 Å². The molecule has 0 amide bonds. The summed E-state index contributed by atoms with van der Waals surface area (Å²) >= 11 is 0. The summed E-state index contributed by atoms with van der Waals surface area (Å²) in [4.78, 5) is 12.7. The van der Waals surface area contributed by atoms with Crippen LogP contribution in [-0.4, -0.2) is 12.1 Å². The van der Waals surface area contributed by atoms with Crippen molar-refractivity contribution in [2.45, 2.75) is 83.7 Å². The molecule has 1 atom stereocenters. The molecule has 0 heterocycles. The first-order chi connectivity index (χ1) is 14.3. The highest BCUT2D eigenvalue weighted by atomic mass is 16.5. The highest BCUT2D eigenvalue weighted by molar-refractivity contribution is 5.89. The van der Waals surface area contributed by atoms with Gasteiger partial charge in [-0.1, -0.05) is 83.2 Å². The van der Waals surface area contributed by atoms with Crippen LogP contribution in [0.2, 0.25) is 0 Å². The summed E-state index contributed by atoms with van der Waals surface area (Å²) in [5.41, 5.74) is 10.2. The first-order valence-corrected chi connectivity index (χ1v) is 11.5. The summed E-state index contributed by atoms with van der Waals surface area (Å²) in [5, 5.41) is 0. The smallest absolute Gasteiger partial charge is 0.338 e. The third-order valence-electron chi connectivity index (χ3n) is 6.28. The van der Waals surface area contributed by atoms with Crippen LogP contribution in [0.5, 0.6) is 0 Å². The standard InChI is InChI=1S/C27H37NO2/c1-27(2,3)24-17-15-21(19-25(24)28)14-16-23(18-20-10-6-4-7-11-20)30-26(29)22-12-8-5-9-13-22/h5,8-9,12-13,15,17,19-20,23H,4,6-7,10-11,14,16,18,28H2,1-3H3. The second-order valence-corrected chi connectivity index (χ2v) is 9.84. The number of ether oxygens (including phenoxy) is 1. The largest absolute Gasteiger partial charge is 0.459 e. The Balaban J connectivity index is 1.67. The molecule has 3 rings (SSSR count). The summed E-state index contributed by atoms with van der Waals surface area (Å²) in [6, 6.07) is 15.8. The maximum absolute atomic E-state index is 12.7. The predicted octanol–water partition coefficient (Wildman–Crippen LogP) is 6.69. The minimum absolute atomic E-state index is 0.0390. The van der Waals surface area contributed by atoms with Crippen LogP contribution in [0.4, 0.5) is 5.69 Å². The van der Waals surface area contributed by atoms with E-state index in [0.717, 1.165) is 24.9 Å². The third-order valence-corrected chi connectivity index (χ3v) is 6.28. The van der Waals surface area contributed by atoms with Crippen molar-refractivity contribution in [2.75, 3.05) is 5.73 Å². The molecule has 2 N–H and O–H groups in total.